The summed E-state index contributed by atoms with van der Waals surface area (Å²) >= 11 is 0. The molecule has 0 aliphatic heterocycles. The zero-order chi connectivity index (χ0) is 23.6. The molecular weight excluding hydrogens is 439 g/mol. The number of carbonyl (C=O) groups excluding carboxylic acids is 1. The number of carbonyl (C=O) groups is 1. The maximum absolute atomic E-state index is 12.3. The Morgan fingerprint density at radius 2 is 1.85 bits per heavy atom. The fourth-order valence-corrected chi connectivity index (χ4v) is 3.05. The number of nitrogens with one attached hydrogen (secondary N) is 3. The van der Waals surface area contributed by atoms with Crippen molar-refractivity contribution < 1.29 is 18.0 Å². The number of pyridine rings is 1. The number of alkyl halides is 3. The molecule has 0 spiro atoms. The molecule has 4 aromatic rings. The van der Waals surface area contributed by atoms with E-state index in [9.17, 15) is 18.0 Å². The molecule has 4 heterocycles. The fraction of sp³-hybridized carbons (Fsp3) is 0.200. The Labute approximate surface area is 184 Å². The number of aromatic nitrogens is 6. The molecule has 0 bridgehead atoms. The number of nitrogen functional groups attached to an aromatic ring is 1. The lowest BCUT2D eigenvalue weighted by Gasteiger charge is -2.15. The molecule has 1 atom stereocenters. The van der Waals surface area contributed by atoms with Gasteiger partial charge in [-0.3, -0.25) is 9.78 Å². The van der Waals surface area contributed by atoms with Gasteiger partial charge in [0.05, 0.1) is 18.1 Å². The Morgan fingerprint density at radius 1 is 1.12 bits per heavy atom. The Morgan fingerprint density at radius 3 is 2.58 bits per heavy atom. The van der Waals surface area contributed by atoms with Crippen LogP contribution in [0.4, 0.5) is 24.9 Å². The minimum Gasteiger partial charge on any atom is -0.368 e. The summed E-state index contributed by atoms with van der Waals surface area (Å²) in [6, 6.07) is 0.927. The van der Waals surface area contributed by atoms with Crippen molar-refractivity contribution in [3.05, 3.63) is 43.2 Å². The first-order valence-corrected chi connectivity index (χ1v) is 9.68. The summed E-state index contributed by atoms with van der Waals surface area (Å²) in [5.41, 5.74) is 8.82. The SMILES string of the molecule is C[C@@H](Nc1cncc(-c2c[nH]c3ncc(-c4cnc(N)nc4)cc23)n1)C(=O)NCC(F)(F)F. The number of nitrogens with two attached hydrogens (primary N) is 1. The summed E-state index contributed by atoms with van der Waals surface area (Å²) in [5, 5.41) is 5.35. The largest absolute Gasteiger partial charge is 0.405 e. The number of halogens is 3. The van der Waals surface area contributed by atoms with Gasteiger partial charge in [-0.15, -0.1) is 0 Å². The third-order valence-electron chi connectivity index (χ3n) is 4.67. The number of nitrogens with zero attached hydrogens (tertiary/aromatic N) is 5. The van der Waals surface area contributed by atoms with E-state index in [-0.39, 0.29) is 11.8 Å². The summed E-state index contributed by atoms with van der Waals surface area (Å²) in [7, 11) is 0. The summed E-state index contributed by atoms with van der Waals surface area (Å²) < 4.78 is 37.0. The molecule has 0 fully saturated rings. The van der Waals surface area contributed by atoms with Gasteiger partial charge in [-0.2, -0.15) is 13.2 Å². The van der Waals surface area contributed by atoms with Gasteiger partial charge in [0.25, 0.3) is 0 Å². The van der Waals surface area contributed by atoms with E-state index in [1.807, 2.05) is 11.4 Å². The van der Waals surface area contributed by atoms with Gasteiger partial charge in [0.2, 0.25) is 11.9 Å². The van der Waals surface area contributed by atoms with Crippen LogP contribution in [-0.4, -0.2) is 54.6 Å². The number of hydrogen-bond acceptors (Lipinski definition) is 8. The van der Waals surface area contributed by atoms with Gasteiger partial charge in [-0.05, 0) is 13.0 Å². The van der Waals surface area contributed by atoms with Crippen molar-refractivity contribution in [1.29, 1.82) is 0 Å². The summed E-state index contributed by atoms with van der Waals surface area (Å²) in [6.45, 7) is 0.0178. The average molecular weight is 457 g/mol. The maximum atomic E-state index is 12.3. The number of anilines is 2. The number of amides is 1. The van der Waals surface area contributed by atoms with E-state index < -0.39 is 24.7 Å². The van der Waals surface area contributed by atoms with Crippen molar-refractivity contribution in [2.24, 2.45) is 0 Å². The first kappa shape index (κ1) is 21.9. The van der Waals surface area contributed by atoms with Crippen LogP contribution in [0.25, 0.3) is 33.4 Å². The third-order valence-corrected chi connectivity index (χ3v) is 4.67. The number of hydrogen-bond donors (Lipinski definition) is 4. The van der Waals surface area contributed by atoms with Gasteiger partial charge in [0.1, 0.15) is 24.1 Å². The van der Waals surface area contributed by atoms with Crippen molar-refractivity contribution in [3.63, 3.8) is 0 Å². The molecule has 0 saturated carbocycles. The van der Waals surface area contributed by atoms with Crippen LogP contribution in [0.15, 0.2) is 43.2 Å². The molecule has 170 valence electrons. The van der Waals surface area contributed by atoms with Gasteiger partial charge in [0.15, 0.2) is 0 Å². The molecule has 33 heavy (non-hydrogen) atoms. The predicted octanol–water partition coefficient (Wildman–Crippen LogP) is 2.54. The van der Waals surface area contributed by atoms with Crippen LogP contribution in [0, 0.1) is 0 Å². The molecular formula is C20H18F3N9O. The third kappa shape index (κ3) is 5.14. The van der Waals surface area contributed by atoms with E-state index in [1.54, 1.807) is 24.8 Å². The van der Waals surface area contributed by atoms with E-state index in [0.717, 1.165) is 16.5 Å². The van der Waals surface area contributed by atoms with Crippen LogP contribution in [-0.2, 0) is 4.79 Å². The second-order valence-electron chi connectivity index (χ2n) is 7.14. The lowest BCUT2D eigenvalue weighted by atomic mass is 10.1. The summed E-state index contributed by atoms with van der Waals surface area (Å²) in [5.74, 6) is -0.422. The van der Waals surface area contributed by atoms with E-state index in [2.05, 4.69) is 35.2 Å². The van der Waals surface area contributed by atoms with Crippen molar-refractivity contribution in [2.45, 2.75) is 19.1 Å². The van der Waals surface area contributed by atoms with Crippen LogP contribution in [0.3, 0.4) is 0 Å². The van der Waals surface area contributed by atoms with Gasteiger partial charge in [-0.25, -0.2) is 19.9 Å². The monoisotopic (exact) mass is 457 g/mol. The molecule has 13 heteroatoms. The lowest BCUT2D eigenvalue weighted by molar-refractivity contribution is -0.138. The molecule has 0 radical (unpaired) electrons. The maximum Gasteiger partial charge on any atom is 0.405 e. The number of H-pyrrole nitrogens is 1. The fourth-order valence-electron chi connectivity index (χ4n) is 3.05. The van der Waals surface area contributed by atoms with E-state index in [1.165, 1.54) is 19.3 Å². The molecule has 0 saturated heterocycles. The summed E-state index contributed by atoms with van der Waals surface area (Å²) in [6.07, 6.45) is 4.98. The van der Waals surface area contributed by atoms with E-state index in [0.29, 0.717) is 16.9 Å². The lowest BCUT2D eigenvalue weighted by Crippen LogP contribution is -2.42. The molecule has 1 amide bonds. The molecule has 0 aliphatic carbocycles. The quantitative estimate of drug-likeness (QED) is 0.345. The first-order chi connectivity index (χ1) is 15.7. The van der Waals surface area contributed by atoms with Crippen LogP contribution in [0.1, 0.15) is 6.92 Å². The highest BCUT2D eigenvalue weighted by atomic mass is 19.4. The Kier molecular flexibility index (Phi) is 5.77. The second kappa shape index (κ2) is 8.68. The minimum atomic E-state index is -4.49. The van der Waals surface area contributed by atoms with Crippen molar-refractivity contribution in [1.82, 2.24) is 35.2 Å². The highest BCUT2D eigenvalue weighted by Crippen LogP contribution is 2.30. The molecule has 10 nitrogen and oxygen atoms in total. The number of rotatable bonds is 6. The standard InChI is InChI=1S/C20H18F3N9O/c1-10(18(33)30-9-20(21,22)23)31-16-8-25-7-15(32-16)14-6-27-17-13(14)2-11(3-26-17)12-4-28-19(24)29-5-12/h2-8,10H,9H2,1H3,(H,26,27)(H,30,33)(H,31,32)(H2,24,28,29)/t10-/m1/s1. The van der Waals surface area contributed by atoms with Gasteiger partial charge in [0, 0.05) is 46.9 Å². The van der Waals surface area contributed by atoms with Crippen molar-refractivity contribution in [2.75, 3.05) is 17.6 Å². The van der Waals surface area contributed by atoms with E-state index in [4.69, 9.17) is 5.73 Å². The van der Waals surface area contributed by atoms with Crippen molar-refractivity contribution >= 4 is 28.7 Å². The first-order valence-electron chi connectivity index (χ1n) is 9.68. The van der Waals surface area contributed by atoms with Crippen LogP contribution < -0.4 is 16.4 Å². The smallest absolute Gasteiger partial charge is 0.368 e. The predicted molar refractivity (Wildman–Crippen MR) is 115 cm³/mol. The molecule has 4 rings (SSSR count). The molecule has 0 unspecified atom stereocenters. The Hall–Kier alpha value is -4.29. The van der Waals surface area contributed by atoms with Gasteiger partial charge < -0.3 is 21.4 Å². The molecule has 0 aromatic carbocycles. The van der Waals surface area contributed by atoms with Gasteiger partial charge in [-0.1, -0.05) is 0 Å². The highest BCUT2D eigenvalue weighted by molar-refractivity contribution is 5.95. The van der Waals surface area contributed by atoms with Crippen LogP contribution in [0.2, 0.25) is 0 Å². The molecule has 5 N–H and O–H groups in total. The van der Waals surface area contributed by atoms with Gasteiger partial charge >= 0.3 is 6.18 Å². The zero-order valence-electron chi connectivity index (χ0n) is 17.2. The van der Waals surface area contributed by atoms with Crippen LogP contribution >= 0.6 is 0 Å². The van der Waals surface area contributed by atoms with Crippen molar-refractivity contribution in [3.8, 4) is 22.4 Å². The average Bonchev–Trinajstić information content (AvgIpc) is 3.21. The normalized spacial score (nSPS) is 12.5. The zero-order valence-corrected chi connectivity index (χ0v) is 17.2. The molecule has 4 aromatic heterocycles. The summed E-state index contributed by atoms with van der Waals surface area (Å²) in [4.78, 5) is 35.9. The topological polar surface area (TPSA) is 147 Å². The van der Waals surface area contributed by atoms with E-state index >= 15 is 0 Å². The Balaban J connectivity index is 1.58. The second-order valence-corrected chi connectivity index (χ2v) is 7.14. The number of fused-ring (bicyclic) bond motifs is 1. The molecule has 0 aliphatic rings. The Bertz CT molecular complexity index is 1290. The minimum absolute atomic E-state index is 0.163. The highest BCUT2D eigenvalue weighted by Gasteiger charge is 2.28. The van der Waals surface area contributed by atoms with Crippen LogP contribution in [0.5, 0.6) is 0 Å². The number of aromatic amines is 1.